The van der Waals surface area contributed by atoms with Gasteiger partial charge in [-0.25, -0.2) is 0 Å². The van der Waals surface area contributed by atoms with Gasteiger partial charge >= 0.3 is 15.2 Å². The van der Waals surface area contributed by atoms with Gasteiger partial charge in [0, 0.05) is 0 Å². The lowest BCUT2D eigenvalue weighted by atomic mass is 10.7. The van der Waals surface area contributed by atoms with Crippen LogP contribution in [-0.2, 0) is 9.13 Å². The second-order valence-electron chi connectivity index (χ2n) is 2.23. The van der Waals surface area contributed by atoms with Gasteiger partial charge in [0.25, 0.3) is 0 Å². The summed E-state index contributed by atoms with van der Waals surface area (Å²) < 4.78 is 21.5. The first kappa shape index (κ1) is 11.4. The first-order valence-corrected chi connectivity index (χ1v) is 6.26. The highest BCUT2D eigenvalue weighted by Gasteiger charge is 2.33. The highest BCUT2D eigenvalue weighted by atomic mass is 31.2. The van der Waals surface area contributed by atoms with Gasteiger partial charge in [-0.05, 0) is 5.21 Å². The molecule has 0 aliphatic carbocycles. The smallest absolute Gasteiger partial charge is 0.321 e. The summed E-state index contributed by atoms with van der Waals surface area (Å²) in [6.45, 7) is 0. The molecule has 1 aromatic rings. The van der Waals surface area contributed by atoms with E-state index in [-0.39, 0.29) is 0 Å². The number of hydrogen-bond acceptors (Lipinski definition) is 5. The number of rotatable bonds is 2. The van der Waals surface area contributed by atoms with Gasteiger partial charge in [-0.3, -0.25) is 9.13 Å². The van der Waals surface area contributed by atoms with Crippen molar-refractivity contribution in [2.45, 2.75) is 0 Å². The van der Waals surface area contributed by atoms with E-state index in [1.54, 1.807) is 0 Å². The molecule has 0 saturated heterocycles. The Morgan fingerprint density at radius 1 is 1.07 bits per heavy atom. The van der Waals surface area contributed by atoms with Gasteiger partial charge in [0.2, 0.25) is 0 Å². The quantitative estimate of drug-likeness (QED) is 0.410. The van der Waals surface area contributed by atoms with Crippen LogP contribution in [0.4, 0.5) is 0 Å². The van der Waals surface area contributed by atoms with Gasteiger partial charge < -0.3 is 19.6 Å². The van der Waals surface area contributed by atoms with Crippen molar-refractivity contribution in [2.75, 3.05) is 0 Å². The van der Waals surface area contributed by atoms with E-state index in [4.69, 9.17) is 19.6 Å². The minimum atomic E-state index is -4.86. The van der Waals surface area contributed by atoms with E-state index in [9.17, 15) is 9.13 Å². The van der Waals surface area contributed by atoms with Crippen LogP contribution in [0, 0.1) is 0 Å². The zero-order valence-corrected chi connectivity index (χ0v) is 8.21. The Labute approximate surface area is 77.1 Å². The van der Waals surface area contributed by atoms with Gasteiger partial charge in [-0.15, -0.1) is 10.2 Å². The third-order valence-electron chi connectivity index (χ3n) is 1.19. The van der Waals surface area contributed by atoms with Gasteiger partial charge in [-0.2, -0.15) is 0 Å². The normalized spacial score (nSPS) is 12.9. The molecular weight excluding hydrogens is 236 g/mol. The van der Waals surface area contributed by atoms with E-state index in [2.05, 4.69) is 15.4 Å². The zero-order valence-electron chi connectivity index (χ0n) is 6.42. The van der Waals surface area contributed by atoms with Crippen molar-refractivity contribution in [3.63, 3.8) is 0 Å². The van der Waals surface area contributed by atoms with Crippen molar-refractivity contribution < 1.29 is 28.7 Å². The molecule has 0 spiro atoms. The lowest BCUT2D eigenvalue weighted by Gasteiger charge is -2.08. The van der Waals surface area contributed by atoms with Crippen molar-refractivity contribution >= 4 is 25.9 Å². The topological polar surface area (TPSA) is 154 Å². The van der Waals surface area contributed by atoms with E-state index < -0.39 is 25.9 Å². The summed E-state index contributed by atoms with van der Waals surface area (Å²) in [4.78, 5) is 34.7. The van der Waals surface area contributed by atoms with E-state index in [1.165, 1.54) is 0 Å². The lowest BCUT2D eigenvalue weighted by molar-refractivity contribution is 0.379. The molecule has 0 aliphatic rings. The SMILES string of the molecule is O=P(O)(O)c1cnnnc1P(=O)(O)O. The van der Waals surface area contributed by atoms with Crippen LogP contribution < -0.4 is 10.7 Å². The molecule has 0 aromatic carbocycles. The molecule has 0 bridgehead atoms. The highest BCUT2D eigenvalue weighted by molar-refractivity contribution is 7.66. The molecule has 0 fully saturated rings. The summed E-state index contributed by atoms with van der Waals surface area (Å²) in [6, 6.07) is 0. The molecule has 1 rings (SSSR count). The molecule has 9 nitrogen and oxygen atoms in total. The average Bonchev–Trinajstić information content (AvgIpc) is 2.01. The second kappa shape index (κ2) is 3.47. The van der Waals surface area contributed by atoms with Crippen LogP contribution in [0.1, 0.15) is 0 Å². The van der Waals surface area contributed by atoms with Gasteiger partial charge in [0.05, 0.1) is 6.20 Å². The maximum atomic E-state index is 10.7. The van der Waals surface area contributed by atoms with Crippen LogP contribution in [0.25, 0.3) is 0 Å². The number of aromatic nitrogens is 3. The molecule has 1 aromatic heterocycles. The number of hydrogen-bond donors (Lipinski definition) is 4. The summed E-state index contributed by atoms with van der Waals surface area (Å²) in [5, 5.41) is 7.90. The second-order valence-corrected chi connectivity index (χ2v) is 5.31. The van der Waals surface area contributed by atoms with Crippen LogP contribution in [0.3, 0.4) is 0 Å². The summed E-state index contributed by atoms with van der Waals surface area (Å²) in [5.41, 5.74) is -1.05. The Morgan fingerprint density at radius 2 is 1.64 bits per heavy atom. The summed E-state index contributed by atoms with van der Waals surface area (Å²) in [6.07, 6.45) is 0.572. The van der Waals surface area contributed by atoms with Crippen molar-refractivity contribution in [3.8, 4) is 0 Å². The van der Waals surface area contributed by atoms with Crippen molar-refractivity contribution in [3.05, 3.63) is 6.20 Å². The van der Waals surface area contributed by atoms with Crippen LogP contribution >= 0.6 is 15.2 Å². The predicted octanol–water partition coefficient (Wildman–Crippen LogP) is -2.52. The monoisotopic (exact) mass is 241 g/mol. The van der Waals surface area contributed by atoms with Gasteiger partial charge in [-0.1, -0.05) is 0 Å². The average molecular weight is 241 g/mol. The molecule has 14 heavy (non-hydrogen) atoms. The fraction of sp³-hybridized carbons (Fsp3) is 0. The molecule has 0 aliphatic heterocycles. The van der Waals surface area contributed by atoms with E-state index in [0.29, 0.717) is 6.20 Å². The largest absolute Gasteiger partial charge is 0.377 e. The molecule has 11 heteroatoms. The fourth-order valence-corrected chi connectivity index (χ4v) is 2.47. The summed E-state index contributed by atoms with van der Waals surface area (Å²) >= 11 is 0. The highest BCUT2D eigenvalue weighted by Crippen LogP contribution is 2.38. The van der Waals surface area contributed by atoms with Crippen LogP contribution in [0.15, 0.2) is 6.20 Å². The lowest BCUT2D eigenvalue weighted by Crippen LogP contribution is -2.29. The Bertz CT molecular complexity index is 395. The summed E-state index contributed by atoms with van der Waals surface area (Å²) in [5.74, 6) is 0. The Hall–Kier alpha value is -0.690. The van der Waals surface area contributed by atoms with Crippen LogP contribution in [0.2, 0.25) is 0 Å². The van der Waals surface area contributed by atoms with Crippen molar-refractivity contribution in [1.29, 1.82) is 0 Å². The summed E-state index contributed by atoms with van der Waals surface area (Å²) in [7, 11) is -9.67. The molecule has 0 unspecified atom stereocenters. The zero-order chi connectivity index (χ0) is 11.0. The molecule has 1 heterocycles. The minimum absolute atomic E-state index is 0.572. The van der Waals surface area contributed by atoms with E-state index >= 15 is 0 Å². The molecule has 0 saturated carbocycles. The number of nitrogens with zero attached hydrogens (tertiary/aromatic N) is 3. The van der Waals surface area contributed by atoms with E-state index in [0.717, 1.165) is 0 Å². The predicted molar refractivity (Wildman–Crippen MR) is 43.2 cm³/mol. The van der Waals surface area contributed by atoms with Gasteiger partial charge in [0.1, 0.15) is 5.30 Å². The standard InChI is InChI=1S/C3H5N3O6P2/c7-13(8,9)2-1-4-6-5-3(2)14(10,11)12/h1H,(H2,7,8,9)(H2,10,11,12). The molecule has 0 amide bonds. The molecule has 78 valence electrons. The fourth-order valence-electron chi connectivity index (χ4n) is 0.671. The van der Waals surface area contributed by atoms with Crippen molar-refractivity contribution in [1.82, 2.24) is 15.4 Å². The first-order chi connectivity index (χ1) is 6.23. The molecule has 0 radical (unpaired) electrons. The third kappa shape index (κ3) is 2.42. The Balaban J connectivity index is 3.47. The maximum Gasteiger partial charge on any atom is 0.377 e. The minimum Gasteiger partial charge on any atom is -0.321 e. The third-order valence-corrected chi connectivity index (χ3v) is 3.20. The van der Waals surface area contributed by atoms with Crippen LogP contribution in [0.5, 0.6) is 0 Å². The Kier molecular flexibility index (Phi) is 2.82. The molecule has 4 N–H and O–H groups in total. The van der Waals surface area contributed by atoms with Gasteiger partial charge in [0.15, 0.2) is 5.44 Å². The Morgan fingerprint density at radius 3 is 2.00 bits per heavy atom. The maximum absolute atomic E-state index is 10.7. The van der Waals surface area contributed by atoms with Crippen LogP contribution in [-0.4, -0.2) is 35.0 Å². The first-order valence-electron chi connectivity index (χ1n) is 3.03. The van der Waals surface area contributed by atoms with Crippen molar-refractivity contribution in [2.24, 2.45) is 0 Å². The molecule has 0 atom stereocenters. The van der Waals surface area contributed by atoms with E-state index in [1.807, 2.05) is 0 Å². The molecular formula is C3H5N3O6P2.